The van der Waals surface area contributed by atoms with Gasteiger partial charge in [0, 0.05) is 5.69 Å². The Bertz CT molecular complexity index is 935. The smallest absolute Gasteiger partial charge is 0.364 e. The lowest BCUT2D eigenvalue weighted by molar-refractivity contribution is 0.262. The lowest BCUT2D eigenvalue weighted by atomic mass is 10.2. The van der Waals surface area contributed by atoms with Gasteiger partial charge in [-0.2, -0.15) is 0 Å². The van der Waals surface area contributed by atoms with Gasteiger partial charge < -0.3 is 14.8 Å². The van der Waals surface area contributed by atoms with Crippen molar-refractivity contribution >= 4 is 28.4 Å². The minimum absolute atomic E-state index is 0.208. The number of carbonyl (C=O) groups excluding carboxylic acids is 1. The van der Waals surface area contributed by atoms with Crippen molar-refractivity contribution in [2.45, 2.75) is 0 Å². The maximum Gasteiger partial charge on any atom is 0.364 e. The Balaban J connectivity index is 1.87. The van der Waals surface area contributed by atoms with Crippen LogP contribution >= 0.6 is 0 Å². The third kappa shape index (κ3) is 2.98. The van der Waals surface area contributed by atoms with Crippen LogP contribution in [0.5, 0.6) is 5.75 Å². The molecule has 3 rings (SSSR count). The molecule has 3 N–H and O–H groups in total. The number of hydrogen-bond acceptors (Lipinski definition) is 4. The number of halogens is 1. The molecule has 7 heteroatoms. The van der Waals surface area contributed by atoms with Crippen LogP contribution < -0.4 is 16.3 Å². The van der Waals surface area contributed by atoms with E-state index in [2.05, 4.69) is 10.6 Å². The largest absolute Gasteiger partial charge is 0.505 e. The van der Waals surface area contributed by atoms with E-state index < -0.39 is 17.5 Å². The van der Waals surface area contributed by atoms with Gasteiger partial charge >= 0.3 is 11.7 Å². The Morgan fingerprint density at radius 3 is 2.48 bits per heavy atom. The summed E-state index contributed by atoms with van der Waals surface area (Å²) in [5, 5.41) is 15.1. The van der Waals surface area contributed by atoms with E-state index in [0.717, 1.165) is 0 Å². The highest BCUT2D eigenvalue weighted by Gasteiger charge is 2.16. The summed E-state index contributed by atoms with van der Waals surface area (Å²) < 4.78 is 17.8. The second-order valence-corrected chi connectivity index (χ2v) is 4.70. The molecular weight excluding hydrogens is 303 g/mol. The molecule has 23 heavy (non-hydrogen) atoms. The van der Waals surface area contributed by atoms with Crippen molar-refractivity contribution in [1.29, 1.82) is 0 Å². The number of carbonyl (C=O) groups is 1. The normalized spacial score (nSPS) is 10.5. The highest BCUT2D eigenvalue weighted by atomic mass is 19.1. The zero-order valence-corrected chi connectivity index (χ0v) is 11.7. The Morgan fingerprint density at radius 1 is 1.04 bits per heavy atom. The molecule has 0 radical (unpaired) electrons. The van der Waals surface area contributed by atoms with Gasteiger partial charge in [0.25, 0.3) is 0 Å². The van der Waals surface area contributed by atoms with E-state index in [0.29, 0.717) is 11.1 Å². The van der Waals surface area contributed by atoms with Crippen molar-refractivity contribution in [2.24, 2.45) is 0 Å². The SMILES string of the molecule is O=C(Nc1ccc(F)cc1)Nc1c(O)c2ccccc2oc1=O. The van der Waals surface area contributed by atoms with E-state index >= 15 is 0 Å². The number of amides is 2. The second-order valence-electron chi connectivity index (χ2n) is 4.70. The molecule has 2 aromatic carbocycles. The number of aromatic hydroxyl groups is 1. The highest BCUT2D eigenvalue weighted by molar-refractivity contribution is 6.02. The van der Waals surface area contributed by atoms with E-state index in [4.69, 9.17) is 4.42 Å². The first-order valence-electron chi connectivity index (χ1n) is 6.63. The minimum Gasteiger partial charge on any atom is -0.505 e. The molecule has 1 aromatic heterocycles. The van der Waals surface area contributed by atoms with Crippen LogP contribution in [0.1, 0.15) is 0 Å². The van der Waals surface area contributed by atoms with Gasteiger partial charge in [0.1, 0.15) is 11.4 Å². The molecule has 0 saturated heterocycles. The number of hydrogen-bond donors (Lipinski definition) is 3. The predicted molar refractivity (Wildman–Crippen MR) is 83.2 cm³/mol. The fraction of sp³-hybridized carbons (Fsp3) is 0. The van der Waals surface area contributed by atoms with Gasteiger partial charge in [-0.3, -0.25) is 5.32 Å². The van der Waals surface area contributed by atoms with Gasteiger partial charge in [-0.1, -0.05) is 12.1 Å². The Kier molecular flexibility index (Phi) is 3.68. The molecule has 0 spiro atoms. The monoisotopic (exact) mass is 314 g/mol. The van der Waals surface area contributed by atoms with Crippen molar-refractivity contribution in [1.82, 2.24) is 0 Å². The molecule has 0 bridgehead atoms. The summed E-state index contributed by atoms with van der Waals surface area (Å²) in [5.74, 6) is -0.824. The lowest BCUT2D eigenvalue weighted by Gasteiger charge is -2.09. The summed E-state index contributed by atoms with van der Waals surface area (Å²) in [6.07, 6.45) is 0. The molecule has 0 atom stereocenters. The number of nitrogens with one attached hydrogen (secondary N) is 2. The number of fused-ring (bicyclic) bond motifs is 1. The van der Waals surface area contributed by atoms with E-state index in [-0.39, 0.29) is 17.0 Å². The van der Waals surface area contributed by atoms with Crippen LogP contribution in [-0.2, 0) is 0 Å². The Hall–Kier alpha value is -3.35. The summed E-state index contributed by atoms with van der Waals surface area (Å²) in [7, 11) is 0. The summed E-state index contributed by atoms with van der Waals surface area (Å²) >= 11 is 0. The van der Waals surface area contributed by atoms with Gasteiger partial charge in [-0.05, 0) is 36.4 Å². The van der Waals surface area contributed by atoms with Gasteiger partial charge in [0.2, 0.25) is 0 Å². The van der Waals surface area contributed by atoms with Crippen LogP contribution in [0.4, 0.5) is 20.6 Å². The maximum absolute atomic E-state index is 12.8. The molecule has 0 unspecified atom stereocenters. The summed E-state index contributed by atoms with van der Waals surface area (Å²) in [6.45, 7) is 0. The molecule has 2 amide bonds. The molecule has 0 fully saturated rings. The van der Waals surface area contributed by atoms with E-state index in [9.17, 15) is 19.1 Å². The number of urea groups is 1. The third-order valence-corrected chi connectivity index (χ3v) is 3.13. The van der Waals surface area contributed by atoms with Crippen LogP contribution in [0.2, 0.25) is 0 Å². The second kappa shape index (κ2) is 5.80. The van der Waals surface area contributed by atoms with Crippen molar-refractivity contribution in [3.8, 4) is 5.75 Å². The van der Waals surface area contributed by atoms with Gasteiger partial charge in [-0.25, -0.2) is 14.0 Å². The number of para-hydroxylation sites is 1. The first kappa shape index (κ1) is 14.6. The van der Waals surface area contributed by atoms with Crippen LogP contribution in [0.3, 0.4) is 0 Å². The summed E-state index contributed by atoms with van der Waals surface area (Å²) in [6, 6.07) is 10.7. The van der Waals surface area contributed by atoms with Crippen molar-refractivity contribution in [3.05, 3.63) is 64.8 Å². The summed E-state index contributed by atoms with van der Waals surface area (Å²) in [4.78, 5) is 23.8. The lowest BCUT2D eigenvalue weighted by Crippen LogP contribution is -2.23. The molecule has 1 heterocycles. The topological polar surface area (TPSA) is 91.6 Å². The quantitative estimate of drug-likeness (QED) is 0.633. The maximum atomic E-state index is 12.8. The molecule has 6 nitrogen and oxygen atoms in total. The molecule has 3 aromatic rings. The molecule has 116 valence electrons. The van der Waals surface area contributed by atoms with E-state index in [1.807, 2.05) is 0 Å². The van der Waals surface area contributed by atoms with Crippen molar-refractivity contribution < 1.29 is 18.7 Å². The molecule has 0 aliphatic rings. The highest BCUT2D eigenvalue weighted by Crippen LogP contribution is 2.29. The van der Waals surface area contributed by atoms with Crippen LogP contribution in [0, 0.1) is 5.82 Å². The zero-order valence-electron chi connectivity index (χ0n) is 11.7. The van der Waals surface area contributed by atoms with Gasteiger partial charge in [-0.15, -0.1) is 0 Å². The average molecular weight is 314 g/mol. The first-order chi connectivity index (χ1) is 11.0. The van der Waals surface area contributed by atoms with Crippen molar-refractivity contribution in [2.75, 3.05) is 10.6 Å². The molecule has 0 saturated carbocycles. The Morgan fingerprint density at radius 2 is 1.74 bits per heavy atom. The summed E-state index contributed by atoms with van der Waals surface area (Å²) in [5.41, 5.74) is -0.716. The molecule has 0 aliphatic carbocycles. The number of anilines is 2. The standard InChI is InChI=1S/C16H11FN2O4/c17-9-5-7-10(8-6-9)18-16(22)19-13-14(20)11-3-1-2-4-12(11)23-15(13)21/h1-8,20H,(H2,18,19,22). The first-order valence-corrected chi connectivity index (χ1v) is 6.63. The molecule has 0 aliphatic heterocycles. The predicted octanol–water partition coefficient (Wildman–Crippen LogP) is 3.28. The number of benzene rings is 2. The van der Waals surface area contributed by atoms with E-state index in [1.165, 1.54) is 30.3 Å². The number of rotatable bonds is 2. The van der Waals surface area contributed by atoms with E-state index in [1.54, 1.807) is 18.2 Å². The average Bonchev–Trinajstić information content (AvgIpc) is 2.54. The third-order valence-electron chi connectivity index (χ3n) is 3.13. The molecular formula is C16H11FN2O4. The van der Waals surface area contributed by atoms with Crippen molar-refractivity contribution in [3.63, 3.8) is 0 Å². The van der Waals surface area contributed by atoms with Gasteiger partial charge in [0.05, 0.1) is 5.39 Å². The van der Waals surface area contributed by atoms with Crippen LogP contribution in [0.15, 0.2) is 57.7 Å². The fourth-order valence-corrected chi connectivity index (χ4v) is 2.05. The zero-order chi connectivity index (χ0) is 16.4. The Labute approximate surface area is 129 Å². The van der Waals surface area contributed by atoms with Crippen LogP contribution in [-0.4, -0.2) is 11.1 Å². The van der Waals surface area contributed by atoms with Crippen LogP contribution in [0.25, 0.3) is 11.0 Å². The fourth-order valence-electron chi connectivity index (χ4n) is 2.05. The van der Waals surface area contributed by atoms with Gasteiger partial charge in [0.15, 0.2) is 11.4 Å². The minimum atomic E-state index is -0.879.